The van der Waals surface area contributed by atoms with E-state index in [2.05, 4.69) is 18.7 Å². The molecular weight excluding hydrogens is 158 g/mol. The van der Waals surface area contributed by atoms with Crippen molar-refractivity contribution in [2.45, 2.75) is 25.3 Å². The van der Waals surface area contributed by atoms with Crippen molar-refractivity contribution in [2.24, 2.45) is 5.73 Å². The molecule has 0 aliphatic rings. The van der Waals surface area contributed by atoms with Gasteiger partial charge in [-0.05, 0) is 19.4 Å². The van der Waals surface area contributed by atoms with Gasteiger partial charge in [-0.1, -0.05) is 36.4 Å². The van der Waals surface area contributed by atoms with E-state index < -0.39 is 0 Å². The highest BCUT2D eigenvalue weighted by atomic mass is 14.7. The first kappa shape index (κ1) is 10.0. The molecule has 1 aromatic rings. The lowest BCUT2D eigenvalue weighted by atomic mass is 9.83. The van der Waals surface area contributed by atoms with E-state index in [4.69, 9.17) is 5.73 Å². The molecule has 1 heteroatoms. The Morgan fingerprint density at radius 2 is 1.85 bits per heavy atom. The topological polar surface area (TPSA) is 26.0 Å². The van der Waals surface area contributed by atoms with Crippen LogP contribution in [0.1, 0.15) is 25.3 Å². The highest BCUT2D eigenvalue weighted by Gasteiger charge is 2.23. The Bertz CT molecular complexity index is 269. The van der Waals surface area contributed by atoms with Gasteiger partial charge in [0.1, 0.15) is 0 Å². The molecule has 0 saturated heterocycles. The smallest absolute Gasteiger partial charge is 0.0201 e. The molecule has 1 nitrogen and oxygen atoms in total. The first-order valence-corrected chi connectivity index (χ1v) is 4.52. The molecule has 0 saturated carbocycles. The molecular formula is C12H17N. The summed E-state index contributed by atoms with van der Waals surface area (Å²) in [4.78, 5) is 0. The third-order valence-corrected chi connectivity index (χ3v) is 2.20. The molecule has 0 aromatic heterocycles. The fraction of sp³-hybridized carbons (Fsp3) is 0.333. The van der Waals surface area contributed by atoms with Crippen LogP contribution < -0.4 is 5.73 Å². The number of rotatable bonds is 3. The Balaban J connectivity index is 2.99. The SMILES string of the molecule is C=CC(c1ccccc1)C(C)(C)N. The van der Waals surface area contributed by atoms with Crippen LogP contribution in [0.25, 0.3) is 0 Å². The van der Waals surface area contributed by atoms with Crippen molar-refractivity contribution < 1.29 is 0 Å². The van der Waals surface area contributed by atoms with Crippen molar-refractivity contribution >= 4 is 0 Å². The molecule has 0 bridgehead atoms. The standard InChI is InChI=1S/C12H17N/c1-4-11(12(2,3)13)10-8-6-5-7-9-10/h4-9,11H,1,13H2,2-3H3. The Hall–Kier alpha value is -1.08. The van der Waals surface area contributed by atoms with Crippen LogP contribution in [-0.4, -0.2) is 5.54 Å². The van der Waals surface area contributed by atoms with E-state index in [0.717, 1.165) is 0 Å². The van der Waals surface area contributed by atoms with Crippen molar-refractivity contribution in [3.05, 3.63) is 48.6 Å². The van der Waals surface area contributed by atoms with Crippen LogP contribution in [0, 0.1) is 0 Å². The highest BCUT2D eigenvalue weighted by molar-refractivity contribution is 5.26. The molecule has 13 heavy (non-hydrogen) atoms. The van der Waals surface area contributed by atoms with Gasteiger partial charge in [0.05, 0.1) is 0 Å². The molecule has 0 aliphatic heterocycles. The molecule has 1 rings (SSSR count). The summed E-state index contributed by atoms with van der Waals surface area (Å²) in [5, 5.41) is 0. The van der Waals surface area contributed by atoms with E-state index in [-0.39, 0.29) is 11.5 Å². The summed E-state index contributed by atoms with van der Waals surface area (Å²) in [7, 11) is 0. The number of benzene rings is 1. The lowest BCUT2D eigenvalue weighted by molar-refractivity contribution is 0.467. The average molecular weight is 175 g/mol. The largest absolute Gasteiger partial charge is 0.325 e. The van der Waals surface area contributed by atoms with Crippen molar-refractivity contribution in [3.8, 4) is 0 Å². The van der Waals surface area contributed by atoms with Gasteiger partial charge in [0.25, 0.3) is 0 Å². The van der Waals surface area contributed by atoms with E-state index in [9.17, 15) is 0 Å². The van der Waals surface area contributed by atoms with Crippen LogP contribution in [0.4, 0.5) is 0 Å². The predicted molar refractivity (Wildman–Crippen MR) is 57.6 cm³/mol. The Labute approximate surface area is 80.3 Å². The number of hydrogen-bond acceptors (Lipinski definition) is 1. The molecule has 0 amide bonds. The molecule has 1 unspecified atom stereocenters. The van der Waals surface area contributed by atoms with Gasteiger partial charge >= 0.3 is 0 Å². The highest BCUT2D eigenvalue weighted by Crippen LogP contribution is 2.26. The van der Waals surface area contributed by atoms with Gasteiger partial charge < -0.3 is 5.73 Å². The van der Waals surface area contributed by atoms with Gasteiger partial charge in [-0.15, -0.1) is 6.58 Å². The molecule has 0 spiro atoms. The van der Waals surface area contributed by atoms with Gasteiger partial charge in [-0.3, -0.25) is 0 Å². The van der Waals surface area contributed by atoms with Crippen LogP contribution in [0.5, 0.6) is 0 Å². The molecule has 0 radical (unpaired) electrons. The minimum Gasteiger partial charge on any atom is -0.325 e. The maximum Gasteiger partial charge on any atom is 0.0201 e. The lowest BCUT2D eigenvalue weighted by Crippen LogP contribution is -2.38. The minimum atomic E-state index is -0.247. The van der Waals surface area contributed by atoms with Crippen LogP contribution in [0.15, 0.2) is 43.0 Å². The van der Waals surface area contributed by atoms with E-state index in [0.29, 0.717) is 0 Å². The summed E-state index contributed by atoms with van der Waals surface area (Å²) < 4.78 is 0. The second-order valence-corrected chi connectivity index (χ2v) is 3.95. The quantitative estimate of drug-likeness (QED) is 0.702. The van der Waals surface area contributed by atoms with Crippen molar-refractivity contribution in [1.29, 1.82) is 0 Å². The zero-order valence-electron chi connectivity index (χ0n) is 8.33. The summed E-state index contributed by atoms with van der Waals surface area (Å²) in [5.41, 5.74) is 7.03. The molecule has 1 atom stereocenters. The fourth-order valence-electron chi connectivity index (χ4n) is 1.53. The minimum absolute atomic E-state index is 0.216. The molecule has 70 valence electrons. The van der Waals surface area contributed by atoms with Gasteiger partial charge in [0.15, 0.2) is 0 Å². The Morgan fingerprint density at radius 1 is 1.31 bits per heavy atom. The Morgan fingerprint density at radius 3 is 2.23 bits per heavy atom. The summed E-state index contributed by atoms with van der Waals surface area (Å²) in [6, 6.07) is 10.2. The number of nitrogens with two attached hydrogens (primary N) is 1. The van der Waals surface area contributed by atoms with Crippen molar-refractivity contribution in [1.82, 2.24) is 0 Å². The summed E-state index contributed by atoms with van der Waals surface area (Å²) in [5.74, 6) is 0.216. The van der Waals surface area contributed by atoms with Crippen LogP contribution in [0.3, 0.4) is 0 Å². The maximum atomic E-state index is 6.05. The van der Waals surface area contributed by atoms with Gasteiger partial charge in [-0.2, -0.15) is 0 Å². The van der Waals surface area contributed by atoms with Crippen molar-refractivity contribution in [2.75, 3.05) is 0 Å². The lowest BCUT2D eigenvalue weighted by Gasteiger charge is -2.28. The predicted octanol–water partition coefficient (Wildman–Crippen LogP) is 2.69. The number of hydrogen-bond donors (Lipinski definition) is 1. The third-order valence-electron chi connectivity index (χ3n) is 2.20. The molecule has 0 heterocycles. The summed E-state index contributed by atoms with van der Waals surface area (Å²) in [6.45, 7) is 7.86. The summed E-state index contributed by atoms with van der Waals surface area (Å²) in [6.07, 6.45) is 1.91. The molecule has 1 aromatic carbocycles. The van der Waals surface area contributed by atoms with Gasteiger partial charge in [0, 0.05) is 11.5 Å². The first-order valence-electron chi connectivity index (χ1n) is 4.52. The molecule has 0 aliphatic carbocycles. The van der Waals surface area contributed by atoms with Crippen molar-refractivity contribution in [3.63, 3.8) is 0 Å². The summed E-state index contributed by atoms with van der Waals surface area (Å²) >= 11 is 0. The second-order valence-electron chi connectivity index (χ2n) is 3.95. The molecule has 2 N–H and O–H groups in total. The monoisotopic (exact) mass is 175 g/mol. The van der Waals surface area contributed by atoms with Crippen LogP contribution >= 0.6 is 0 Å². The van der Waals surface area contributed by atoms with Gasteiger partial charge in [0.2, 0.25) is 0 Å². The third kappa shape index (κ3) is 2.43. The fourth-order valence-corrected chi connectivity index (χ4v) is 1.53. The normalized spacial score (nSPS) is 13.8. The van der Waals surface area contributed by atoms with E-state index in [1.54, 1.807) is 0 Å². The Kier molecular flexibility index (Phi) is 2.89. The maximum absolute atomic E-state index is 6.05. The first-order chi connectivity index (χ1) is 6.05. The average Bonchev–Trinajstić information content (AvgIpc) is 2.05. The molecule has 0 fully saturated rings. The van der Waals surface area contributed by atoms with E-state index in [1.807, 2.05) is 38.1 Å². The zero-order valence-corrected chi connectivity index (χ0v) is 8.33. The van der Waals surface area contributed by atoms with Crippen LogP contribution in [0.2, 0.25) is 0 Å². The van der Waals surface area contributed by atoms with Gasteiger partial charge in [-0.25, -0.2) is 0 Å². The zero-order chi connectivity index (χ0) is 9.90. The van der Waals surface area contributed by atoms with E-state index in [1.165, 1.54) is 5.56 Å². The van der Waals surface area contributed by atoms with E-state index >= 15 is 0 Å². The second kappa shape index (κ2) is 3.75. The van der Waals surface area contributed by atoms with Crippen LogP contribution in [-0.2, 0) is 0 Å².